The lowest BCUT2D eigenvalue weighted by Crippen LogP contribution is -2.47. The van der Waals surface area contributed by atoms with Gasteiger partial charge in [-0.1, -0.05) is 63.1 Å². The highest BCUT2D eigenvalue weighted by molar-refractivity contribution is 7.99. The molecule has 6 heteroatoms. The second-order valence-electron chi connectivity index (χ2n) is 8.81. The molecule has 0 bridgehead atoms. The fourth-order valence-corrected chi connectivity index (χ4v) is 5.68. The van der Waals surface area contributed by atoms with Crippen LogP contribution in [0.25, 0.3) is 0 Å². The van der Waals surface area contributed by atoms with Crippen molar-refractivity contribution in [2.24, 2.45) is 0 Å². The molecule has 3 rings (SSSR count). The van der Waals surface area contributed by atoms with Crippen LogP contribution in [0, 0.1) is 0 Å². The molecule has 0 fully saturated rings. The fraction of sp³-hybridized carbons (Fsp3) is 0.519. The van der Waals surface area contributed by atoms with E-state index in [1.165, 1.54) is 29.7 Å². The number of hydrogen-bond acceptors (Lipinski definition) is 5. The summed E-state index contributed by atoms with van der Waals surface area (Å²) in [5, 5.41) is 12.9. The van der Waals surface area contributed by atoms with Crippen LogP contribution in [0.2, 0.25) is 0 Å². The summed E-state index contributed by atoms with van der Waals surface area (Å²) < 4.78 is 5.64. The summed E-state index contributed by atoms with van der Waals surface area (Å²) in [7, 11) is 3.51. The molecule has 0 saturated heterocycles. The second kappa shape index (κ2) is 13.6. The van der Waals surface area contributed by atoms with Crippen LogP contribution in [0.4, 0.5) is 0 Å². The maximum absolute atomic E-state index is 11.0. The Hall–Kier alpha value is -2.02. The van der Waals surface area contributed by atoms with Crippen LogP contribution in [-0.4, -0.2) is 48.0 Å². The Bertz CT molecular complexity index is 835. The van der Waals surface area contributed by atoms with Gasteiger partial charge in [0.05, 0.1) is 13.7 Å². The van der Waals surface area contributed by atoms with Crippen molar-refractivity contribution < 1.29 is 14.6 Å². The summed E-state index contributed by atoms with van der Waals surface area (Å²) in [4.78, 5) is 14.1. The molecule has 0 radical (unpaired) electrons. The molecule has 5 nitrogen and oxygen atoms in total. The van der Waals surface area contributed by atoms with Crippen LogP contribution in [0.1, 0.15) is 63.6 Å². The van der Waals surface area contributed by atoms with E-state index >= 15 is 0 Å². The van der Waals surface area contributed by atoms with Crippen molar-refractivity contribution in [2.45, 2.75) is 69.5 Å². The molecule has 2 atom stereocenters. The van der Waals surface area contributed by atoms with E-state index in [9.17, 15) is 4.79 Å². The smallest absolute Gasteiger partial charge is 0.317 e. The van der Waals surface area contributed by atoms with E-state index in [-0.39, 0.29) is 18.1 Å². The van der Waals surface area contributed by atoms with Gasteiger partial charge in [0.25, 0.3) is 0 Å². The van der Waals surface area contributed by atoms with Gasteiger partial charge in [-0.2, -0.15) is 0 Å². The molecule has 2 aromatic carbocycles. The third-order valence-corrected chi connectivity index (χ3v) is 7.47. The van der Waals surface area contributed by atoms with Gasteiger partial charge in [-0.25, -0.2) is 0 Å². The molecule has 0 saturated carbocycles. The summed E-state index contributed by atoms with van der Waals surface area (Å²) in [6.07, 6.45) is 4.75. The van der Waals surface area contributed by atoms with Crippen molar-refractivity contribution in [3.05, 3.63) is 59.7 Å². The number of methoxy groups -OCH3 is 1. The predicted molar refractivity (Wildman–Crippen MR) is 138 cm³/mol. The molecule has 0 aromatic heterocycles. The lowest BCUT2D eigenvalue weighted by molar-refractivity contribution is -0.138. The Morgan fingerprint density at radius 3 is 2.36 bits per heavy atom. The predicted octanol–water partition coefficient (Wildman–Crippen LogP) is 5.99. The van der Waals surface area contributed by atoms with Gasteiger partial charge in [-0.3, -0.25) is 9.69 Å². The van der Waals surface area contributed by atoms with Gasteiger partial charge in [0.1, 0.15) is 5.75 Å². The van der Waals surface area contributed by atoms with E-state index < -0.39 is 5.97 Å². The zero-order valence-corrected chi connectivity index (χ0v) is 21.6. The second-order valence-corrected chi connectivity index (χ2v) is 9.83. The first kappa shape index (κ1) is 27.2. The number of carbonyl (C=O) groups is 1. The number of fused-ring (bicyclic) bond motifs is 1. The molecule has 1 heterocycles. The quantitative estimate of drug-likeness (QED) is 0.467. The highest BCUT2D eigenvalue weighted by Crippen LogP contribution is 2.41. The molecular formula is C27H40N2O3S. The molecule has 0 unspecified atom stereocenters. The SMILES string of the molecule is CCCC[C@]1(CC)CSc2cc(CN(C)CC(=O)O)c(OC)cc2[C@@H](C)N1.c1ccccc1. The van der Waals surface area contributed by atoms with Crippen molar-refractivity contribution in [2.75, 3.05) is 26.5 Å². The van der Waals surface area contributed by atoms with Crippen molar-refractivity contribution in [3.63, 3.8) is 0 Å². The van der Waals surface area contributed by atoms with Gasteiger partial charge in [0, 0.05) is 34.3 Å². The average molecular weight is 473 g/mol. The van der Waals surface area contributed by atoms with Crippen LogP contribution in [0.3, 0.4) is 0 Å². The molecule has 2 N–H and O–H groups in total. The fourth-order valence-electron chi connectivity index (χ4n) is 4.19. The number of nitrogens with one attached hydrogen (secondary N) is 1. The molecule has 182 valence electrons. The maximum Gasteiger partial charge on any atom is 0.317 e. The molecule has 1 aliphatic rings. The number of likely N-dealkylation sites (N-methyl/N-ethyl adjacent to an activating group) is 1. The minimum absolute atomic E-state index is 0.0152. The third kappa shape index (κ3) is 8.36. The van der Waals surface area contributed by atoms with Crippen molar-refractivity contribution in [1.29, 1.82) is 0 Å². The minimum Gasteiger partial charge on any atom is -0.496 e. The number of aliphatic carboxylic acids is 1. The topological polar surface area (TPSA) is 61.8 Å². The van der Waals surface area contributed by atoms with E-state index in [2.05, 4.69) is 38.2 Å². The van der Waals surface area contributed by atoms with E-state index in [0.29, 0.717) is 6.54 Å². The van der Waals surface area contributed by atoms with E-state index in [0.717, 1.165) is 23.5 Å². The molecule has 2 aromatic rings. The first-order valence-electron chi connectivity index (χ1n) is 11.9. The number of carboxylic acids is 1. The summed E-state index contributed by atoms with van der Waals surface area (Å²) in [6.45, 7) is 7.33. The highest BCUT2D eigenvalue weighted by atomic mass is 32.2. The summed E-state index contributed by atoms with van der Waals surface area (Å²) >= 11 is 1.92. The molecule has 1 aliphatic heterocycles. The third-order valence-electron chi connectivity index (χ3n) is 6.10. The molecule has 0 aliphatic carbocycles. The number of ether oxygens (including phenoxy) is 1. The van der Waals surface area contributed by atoms with Crippen LogP contribution in [0.5, 0.6) is 5.75 Å². The number of hydrogen-bond donors (Lipinski definition) is 2. The zero-order valence-electron chi connectivity index (χ0n) is 20.8. The van der Waals surface area contributed by atoms with Gasteiger partial charge in [-0.05, 0) is 44.5 Å². The number of thioether (sulfide) groups is 1. The first-order chi connectivity index (χ1) is 15.8. The van der Waals surface area contributed by atoms with Crippen LogP contribution >= 0.6 is 11.8 Å². The van der Waals surface area contributed by atoms with Gasteiger partial charge < -0.3 is 15.2 Å². The lowest BCUT2D eigenvalue weighted by Gasteiger charge is -2.35. The lowest BCUT2D eigenvalue weighted by atomic mass is 9.90. The molecular weight excluding hydrogens is 432 g/mol. The van der Waals surface area contributed by atoms with Crippen molar-refractivity contribution >= 4 is 17.7 Å². The van der Waals surface area contributed by atoms with Gasteiger partial charge in [0.15, 0.2) is 0 Å². The molecule has 0 amide bonds. The van der Waals surface area contributed by atoms with Gasteiger partial charge in [0.2, 0.25) is 0 Å². The number of unbranched alkanes of at least 4 members (excludes halogenated alkanes) is 1. The molecule has 0 spiro atoms. The van der Waals surface area contributed by atoms with Crippen LogP contribution in [0.15, 0.2) is 53.4 Å². The first-order valence-corrected chi connectivity index (χ1v) is 12.8. The maximum atomic E-state index is 11.0. The number of benzene rings is 2. The monoisotopic (exact) mass is 472 g/mol. The van der Waals surface area contributed by atoms with Gasteiger partial charge >= 0.3 is 5.97 Å². The summed E-state index contributed by atoms with van der Waals surface area (Å²) in [5.74, 6) is 1.07. The highest BCUT2D eigenvalue weighted by Gasteiger charge is 2.33. The molecule has 33 heavy (non-hydrogen) atoms. The van der Waals surface area contributed by atoms with Crippen molar-refractivity contribution in [1.82, 2.24) is 10.2 Å². The standard InChI is InChI=1S/C21H34N2O3S.C6H6/c1-6-8-9-21(7-2)14-27-19-10-16(12-23(4)13-20(24)25)18(26-5)11-17(19)15(3)22-21;1-2-4-6-5-3-1/h10-11,15,22H,6-9,12-14H2,1-5H3,(H,24,25);1-6H/t15-,21-;/m1./s1. The Morgan fingerprint density at radius 1 is 1.21 bits per heavy atom. The summed E-state index contributed by atoms with van der Waals surface area (Å²) in [6, 6.07) is 16.6. The van der Waals surface area contributed by atoms with Crippen LogP contribution < -0.4 is 10.1 Å². The van der Waals surface area contributed by atoms with E-state index in [4.69, 9.17) is 9.84 Å². The van der Waals surface area contributed by atoms with Gasteiger partial charge in [-0.15, -0.1) is 11.8 Å². The Balaban J connectivity index is 0.000000554. The number of rotatable bonds is 9. The Morgan fingerprint density at radius 2 is 1.85 bits per heavy atom. The van der Waals surface area contributed by atoms with E-state index in [1.54, 1.807) is 12.0 Å². The average Bonchev–Trinajstić information content (AvgIpc) is 2.94. The Labute approximate surface area is 203 Å². The summed E-state index contributed by atoms with van der Waals surface area (Å²) in [5.41, 5.74) is 2.47. The zero-order chi connectivity index (χ0) is 24.3. The number of carboxylic acid groups (broad SMARTS) is 1. The normalized spacial score (nSPS) is 19.8. The minimum atomic E-state index is -0.818. The Kier molecular flexibility index (Phi) is 11.2. The van der Waals surface area contributed by atoms with Crippen molar-refractivity contribution in [3.8, 4) is 5.75 Å². The largest absolute Gasteiger partial charge is 0.496 e. The number of nitrogens with zero attached hydrogens (tertiary/aromatic N) is 1. The van der Waals surface area contributed by atoms with E-state index in [1.807, 2.05) is 55.2 Å². The van der Waals surface area contributed by atoms with Crippen LogP contribution in [-0.2, 0) is 11.3 Å².